The summed E-state index contributed by atoms with van der Waals surface area (Å²) in [5.74, 6) is 0.334. The number of rotatable bonds is 4. The highest BCUT2D eigenvalue weighted by Gasteiger charge is 2.21. The molecule has 0 spiro atoms. The zero-order valence-corrected chi connectivity index (χ0v) is 10.6. The standard InChI is InChI=1S/C12H9Cl2NO3/c1-2-4-9(12(17)18)15-11(16)7-5-3-6-8(13)10(7)14/h1,3,5-6,9H,4H2,(H,15,16)(H,17,18). The molecule has 4 nitrogen and oxygen atoms in total. The van der Waals surface area contributed by atoms with Gasteiger partial charge in [-0.15, -0.1) is 12.3 Å². The molecule has 0 aromatic heterocycles. The second-order valence-corrected chi connectivity index (χ2v) is 4.16. The molecule has 0 bridgehead atoms. The number of carboxylic acids is 1. The molecule has 1 rings (SSSR count). The first kappa shape index (κ1) is 14.4. The summed E-state index contributed by atoms with van der Waals surface area (Å²) in [6, 6.07) is 3.35. The summed E-state index contributed by atoms with van der Waals surface area (Å²) in [6.45, 7) is 0. The fraction of sp³-hybridized carbons (Fsp3) is 0.167. The van der Waals surface area contributed by atoms with Crippen LogP contribution in [0.25, 0.3) is 0 Å². The van der Waals surface area contributed by atoms with Gasteiger partial charge in [-0.2, -0.15) is 0 Å². The molecule has 94 valence electrons. The summed E-state index contributed by atoms with van der Waals surface area (Å²) in [7, 11) is 0. The molecular formula is C12H9Cl2NO3. The molecule has 2 N–H and O–H groups in total. The van der Waals surface area contributed by atoms with E-state index in [1.54, 1.807) is 6.07 Å². The first-order valence-electron chi connectivity index (χ1n) is 4.88. The highest BCUT2D eigenvalue weighted by molar-refractivity contribution is 6.43. The number of amides is 1. The number of carbonyl (C=O) groups is 2. The van der Waals surface area contributed by atoms with Crippen LogP contribution in [0.2, 0.25) is 10.0 Å². The van der Waals surface area contributed by atoms with E-state index in [1.165, 1.54) is 12.1 Å². The van der Waals surface area contributed by atoms with Gasteiger partial charge in [-0.1, -0.05) is 29.3 Å². The van der Waals surface area contributed by atoms with E-state index in [2.05, 4.69) is 11.2 Å². The Bertz CT molecular complexity index is 523. The molecular weight excluding hydrogens is 277 g/mol. The quantitative estimate of drug-likeness (QED) is 0.834. The second-order valence-electron chi connectivity index (χ2n) is 3.37. The second kappa shape index (κ2) is 6.29. The van der Waals surface area contributed by atoms with E-state index in [4.69, 9.17) is 34.7 Å². The summed E-state index contributed by atoms with van der Waals surface area (Å²) in [6.07, 6.45) is 4.91. The minimum Gasteiger partial charge on any atom is -0.480 e. The number of halogens is 2. The number of hydrogen-bond donors (Lipinski definition) is 2. The minimum absolute atomic E-state index is 0.0708. The molecule has 1 aromatic rings. The fourth-order valence-electron chi connectivity index (χ4n) is 1.23. The molecule has 0 heterocycles. The van der Waals surface area contributed by atoms with Crippen LogP contribution in [0.4, 0.5) is 0 Å². The molecule has 0 radical (unpaired) electrons. The molecule has 0 aliphatic heterocycles. The Balaban J connectivity index is 2.91. The van der Waals surface area contributed by atoms with Crippen molar-refractivity contribution in [2.75, 3.05) is 0 Å². The maximum Gasteiger partial charge on any atom is 0.327 e. The Morgan fingerprint density at radius 2 is 2.11 bits per heavy atom. The van der Waals surface area contributed by atoms with Crippen LogP contribution in [-0.2, 0) is 4.79 Å². The Morgan fingerprint density at radius 1 is 1.44 bits per heavy atom. The van der Waals surface area contributed by atoms with Gasteiger partial charge in [0.05, 0.1) is 15.6 Å². The zero-order valence-electron chi connectivity index (χ0n) is 9.11. The SMILES string of the molecule is C#CCC(NC(=O)c1cccc(Cl)c1Cl)C(=O)O. The van der Waals surface area contributed by atoms with Crippen LogP contribution in [0.5, 0.6) is 0 Å². The van der Waals surface area contributed by atoms with Gasteiger partial charge >= 0.3 is 5.97 Å². The molecule has 0 saturated carbocycles. The van der Waals surface area contributed by atoms with Gasteiger partial charge in [0.2, 0.25) is 0 Å². The lowest BCUT2D eigenvalue weighted by molar-refractivity contribution is -0.139. The summed E-state index contributed by atoms with van der Waals surface area (Å²) in [4.78, 5) is 22.7. The first-order chi connectivity index (χ1) is 8.47. The highest BCUT2D eigenvalue weighted by atomic mass is 35.5. The molecule has 1 unspecified atom stereocenters. The predicted molar refractivity (Wildman–Crippen MR) is 68.8 cm³/mol. The summed E-state index contributed by atoms with van der Waals surface area (Å²) in [5, 5.41) is 11.4. The maximum atomic E-state index is 11.8. The lowest BCUT2D eigenvalue weighted by Crippen LogP contribution is -2.40. The van der Waals surface area contributed by atoms with Gasteiger partial charge < -0.3 is 10.4 Å². The van der Waals surface area contributed by atoms with Gasteiger partial charge in [-0.3, -0.25) is 4.79 Å². The lowest BCUT2D eigenvalue weighted by atomic mass is 10.1. The number of carboxylic acid groups (broad SMARTS) is 1. The van der Waals surface area contributed by atoms with Gasteiger partial charge in [-0.25, -0.2) is 4.79 Å². The van der Waals surface area contributed by atoms with E-state index in [9.17, 15) is 9.59 Å². The Morgan fingerprint density at radius 3 is 2.67 bits per heavy atom. The number of terminal acetylenes is 1. The van der Waals surface area contributed by atoms with Crippen LogP contribution in [0.1, 0.15) is 16.8 Å². The molecule has 0 aliphatic carbocycles. The number of benzene rings is 1. The third kappa shape index (κ3) is 3.39. The Labute approximate surface area is 114 Å². The van der Waals surface area contributed by atoms with Crippen LogP contribution in [0, 0.1) is 12.3 Å². The summed E-state index contributed by atoms with van der Waals surface area (Å²) < 4.78 is 0. The van der Waals surface area contributed by atoms with Crippen molar-refractivity contribution in [1.82, 2.24) is 5.32 Å². The summed E-state index contributed by atoms with van der Waals surface area (Å²) in [5.41, 5.74) is 0.104. The van der Waals surface area contributed by atoms with Crippen LogP contribution >= 0.6 is 23.2 Å². The smallest absolute Gasteiger partial charge is 0.327 e. The van der Waals surface area contributed by atoms with Gasteiger partial charge in [0.1, 0.15) is 6.04 Å². The Hall–Kier alpha value is -1.70. The van der Waals surface area contributed by atoms with Crippen LogP contribution in [0.15, 0.2) is 18.2 Å². The number of nitrogens with one attached hydrogen (secondary N) is 1. The van der Waals surface area contributed by atoms with E-state index in [-0.39, 0.29) is 22.0 Å². The van der Waals surface area contributed by atoms with Crippen molar-refractivity contribution in [2.45, 2.75) is 12.5 Å². The monoisotopic (exact) mass is 285 g/mol. The van der Waals surface area contributed by atoms with Crippen molar-refractivity contribution in [3.05, 3.63) is 33.8 Å². The van der Waals surface area contributed by atoms with Gasteiger partial charge in [0.25, 0.3) is 5.91 Å². The molecule has 18 heavy (non-hydrogen) atoms. The van der Waals surface area contributed by atoms with E-state index in [0.717, 1.165) is 0 Å². The van der Waals surface area contributed by atoms with Crippen molar-refractivity contribution in [1.29, 1.82) is 0 Å². The van der Waals surface area contributed by atoms with Gasteiger partial charge in [0, 0.05) is 6.42 Å². The van der Waals surface area contributed by atoms with Crippen LogP contribution in [0.3, 0.4) is 0 Å². The van der Waals surface area contributed by atoms with Crippen LogP contribution < -0.4 is 5.32 Å². The first-order valence-corrected chi connectivity index (χ1v) is 5.64. The third-order valence-corrected chi connectivity index (χ3v) is 2.94. The van der Waals surface area contributed by atoms with Gasteiger partial charge in [0.15, 0.2) is 0 Å². The summed E-state index contributed by atoms with van der Waals surface area (Å²) >= 11 is 11.6. The van der Waals surface area contributed by atoms with E-state index >= 15 is 0 Å². The molecule has 6 heteroatoms. The van der Waals surface area contributed by atoms with Gasteiger partial charge in [-0.05, 0) is 12.1 Å². The van der Waals surface area contributed by atoms with Crippen molar-refractivity contribution >= 4 is 35.1 Å². The van der Waals surface area contributed by atoms with E-state index < -0.39 is 17.9 Å². The van der Waals surface area contributed by atoms with Crippen molar-refractivity contribution in [3.63, 3.8) is 0 Å². The molecule has 1 amide bonds. The lowest BCUT2D eigenvalue weighted by Gasteiger charge is -2.12. The zero-order chi connectivity index (χ0) is 13.7. The largest absolute Gasteiger partial charge is 0.480 e. The van der Waals surface area contributed by atoms with E-state index in [0.29, 0.717) is 0 Å². The van der Waals surface area contributed by atoms with Crippen molar-refractivity contribution in [2.24, 2.45) is 0 Å². The van der Waals surface area contributed by atoms with Crippen LogP contribution in [-0.4, -0.2) is 23.0 Å². The highest BCUT2D eigenvalue weighted by Crippen LogP contribution is 2.25. The fourth-order valence-corrected chi connectivity index (χ4v) is 1.62. The van der Waals surface area contributed by atoms with Crippen molar-refractivity contribution < 1.29 is 14.7 Å². The number of hydrogen-bond acceptors (Lipinski definition) is 2. The normalized spacial score (nSPS) is 11.4. The third-order valence-electron chi connectivity index (χ3n) is 2.12. The van der Waals surface area contributed by atoms with E-state index in [1.807, 2.05) is 0 Å². The predicted octanol–water partition coefficient (Wildman–Crippen LogP) is 2.20. The van der Waals surface area contributed by atoms with Crippen molar-refractivity contribution in [3.8, 4) is 12.3 Å². The molecule has 1 aromatic carbocycles. The maximum absolute atomic E-state index is 11.8. The molecule has 0 fully saturated rings. The molecule has 0 aliphatic rings. The average Bonchev–Trinajstić information content (AvgIpc) is 2.31. The molecule has 1 atom stereocenters. The topological polar surface area (TPSA) is 66.4 Å². The number of aliphatic carboxylic acids is 1. The Kier molecular flexibility index (Phi) is 5.02. The molecule has 0 saturated heterocycles. The average molecular weight is 286 g/mol. The minimum atomic E-state index is -1.21. The number of carbonyl (C=O) groups excluding carboxylic acids is 1.